The molecule has 0 aliphatic carbocycles. The number of nitrogens with zero attached hydrogens (tertiary/aromatic N) is 2. The minimum atomic E-state index is -0.462. The molecule has 13 heavy (non-hydrogen) atoms. The number of hydrogen-bond acceptors (Lipinski definition) is 5. The highest BCUT2D eigenvalue weighted by atomic mass is 16.5. The van der Waals surface area contributed by atoms with E-state index in [0.717, 1.165) is 0 Å². The molecule has 6 nitrogen and oxygen atoms in total. The summed E-state index contributed by atoms with van der Waals surface area (Å²) in [4.78, 5) is 11.2. The molecule has 0 atom stereocenters. The van der Waals surface area contributed by atoms with Crippen molar-refractivity contribution in [2.45, 2.75) is 5.92 Å². The summed E-state index contributed by atoms with van der Waals surface area (Å²) >= 11 is 0. The number of nitrogens with one attached hydrogen (secondary N) is 1. The zero-order valence-electron chi connectivity index (χ0n) is 7.11. The predicted octanol–water partition coefficient (Wildman–Crippen LogP) is -0.295. The van der Waals surface area contributed by atoms with Crippen LogP contribution in [0, 0.1) is 0 Å². The molecular weight excluding hydrogens is 174 g/mol. The first-order valence-electron chi connectivity index (χ1n) is 3.89. The Morgan fingerprint density at radius 3 is 2.92 bits per heavy atom. The van der Waals surface area contributed by atoms with Gasteiger partial charge in [0.15, 0.2) is 5.69 Å². The second-order valence-electron chi connectivity index (χ2n) is 2.78. The summed E-state index contributed by atoms with van der Waals surface area (Å²) in [5, 5.41) is 10.0. The van der Waals surface area contributed by atoms with E-state index in [-0.39, 0.29) is 11.6 Å². The number of carbonyl (C=O) groups excluding carboxylic acids is 1. The molecule has 0 amide bonds. The molecule has 1 fully saturated rings. The molecule has 1 aromatic heterocycles. The lowest BCUT2D eigenvalue weighted by Gasteiger charge is -2.23. The molecule has 6 heteroatoms. The maximum absolute atomic E-state index is 11.2. The van der Waals surface area contributed by atoms with E-state index in [1.54, 1.807) is 0 Å². The lowest BCUT2D eigenvalue weighted by Crippen LogP contribution is -2.27. The highest BCUT2D eigenvalue weighted by molar-refractivity contribution is 5.88. The molecule has 0 saturated carbocycles. The third-order valence-electron chi connectivity index (χ3n) is 1.98. The van der Waals surface area contributed by atoms with Crippen LogP contribution in [0.4, 0.5) is 0 Å². The number of H-pyrrole nitrogens is 1. The van der Waals surface area contributed by atoms with E-state index >= 15 is 0 Å². The molecule has 0 radical (unpaired) electrons. The van der Waals surface area contributed by atoms with E-state index in [9.17, 15) is 4.79 Å². The Balaban J connectivity index is 2.24. The zero-order valence-corrected chi connectivity index (χ0v) is 7.11. The fourth-order valence-corrected chi connectivity index (χ4v) is 1.16. The van der Waals surface area contributed by atoms with Crippen molar-refractivity contribution in [3.63, 3.8) is 0 Å². The van der Waals surface area contributed by atoms with Gasteiger partial charge in [-0.2, -0.15) is 10.3 Å². The highest BCUT2D eigenvalue weighted by Gasteiger charge is 2.29. The maximum atomic E-state index is 11.2. The van der Waals surface area contributed by atoms with Gasteiger partial charge in [0.25, 0.3) is 0 Å². The van der Waals surface area contributed by atoms with Crippen molar-refractivity contribution in [1.82, 2.24) is 15.4 Å². The molecule has 0 spiro atoms. The van der Waals surface area contributed by atoms with E-state index in [0.29, 0.717) is 18.9 Å². The summed E-state index contributed by atoms with van der Waals surface area (Å²) in [6.45, 7) is 1.19. The van der Waals surface area contributed by atoms with E-state index in [4.69, 9.17) is 4.74 Å². The second kappa shape index (κ2) is 3.14. The number of esters is 1. The quantitative estimate of drug-likeness (QED) is 0.637. The number of carbonyl (C=O) groups is 1. The fraction of sp³-hybridized carbons (Fsp3) is 0.571. The molecule has 0 bridgehead atoms. The van der Waals surface area contributed by atoms with Gasteiger partial charge in [0.2, 0.25) is 0 Å². The third-order valence-corrected chi connectivity index (χ3v) is 1.98. The van der Waals surface area contributed by atoms with Gasteiger partial charge in [-0.3, -0.25) is 0 Å². The molecular formula is C7H9N3O3. The van der Waals surface area contributed by atoms with Crippen molar-refractivity contribution >= 4 is 5.97 Å². The van der Waals surface area contributed by atoms with Crippen LogP contribution in [0.5, 0.6) is 0 Å². The van der Waals surface area contributed by atoms with Gasteiger partial charge in [0.1, 0.15) is 5.69 Å². The van der Waals surface area contributed by atoms with Crippen LogP contribution < -0.4 is 0 Å². The number of aromatic amines is 1. The molecule has 2 heterocycles. The van der Waals surface area contributed by atoms with Gasteiger partial charge in [0, 0.05) is 0 Å². The SMILES string of the molecule is COC(=O)c1n[nH]nc1C1COC1. The normalized spacial score (nSPS) is 16.7. The van der Waals surface area contributed by atoms with E-state index in [1.807, 2.05) is 0 Å². The first kappa shape index (κ1) is 8.18. The van der Waals surface area contributed by atoms with Crippen LogP contribution in [-0.2, 0) is 9.47 Å². The summed E-state index contributed by atoms with van der Waals surface area (Å²) in [7, 11) is 1.32. The molecule has 1 aliphatic heterocycles. The molecule has 1 N–H and O–H groups in total. The van der Waals surface area contributed by atoms with Gasteiger partial charge in [-0.25, -0.2) is 4.79 Å². The number of rotatable bonds is 2. The fourth-order valence-electron chi connectivity index (χ4n) is 1.16. The van der Waals surface area contributed by atoms with Crippen LogP contribution in [0.1, 0.15) is 22.1 Å². The van der Waals surface area contributed by atoms with Gasteiger partial charge in [-0.1, -0.05) is 0 Å². The van der Waals surface area contributed by atoms with Crippen LogP contribution in [0.25, 0.3) is 0 Å². The van der Waals surface area contributed by atoms with E-state index < -0.39 is 5.97 Å². The van der Waals surface area contributed by atoms with Crippen molar-refractivity contribution in [3.05, 3.63) is 11.4 Å². The van der Waals surface area contributed by atoms with Crippen LogP contribution >= 0.6 is 0 Å². The van der Waals surface area contributed by atoms with Crippen molar-refractivity contribution < 1.29 is 14.3 Å². The Morgan fingerprint density at radius 1 is 1.62 bits per heavy atom. The van der Waals surface area contributed by atoms with Crippen LogP contribution in [0.15, 0.2) is 0 Å². The standard InChI is InChI=1S/C7H9N3O3/c1-12-7(11)6-5(8-10-9-6)4-2-13-3-4/h4H,2-3H2,1H3,(H,8,9,10). The second-order valence-corrected chi connectivity index (χ2v) is 2.78. The maximum Gasteiger partial charge on any atom is 0.360 e. The molecule has 1 saturated heterocycles. The average molecular weight is 183 g/mol. The predicted molar refractivity (Wildman–Crippen MR) is 41.3 cm³/mol. The number of methoxy groups -OCH3 is 1. The first-order valence-corrected chi connectivity index (χ1v) is 3.89. The molecule has 0 unspecified atom stereocenters. The third kappa shape index (κ3) is 1.29. The molecule has 1 aliphatic rings. The topological polar surface area (TPSA) is 77.1 Å². The lowest BCUT2D eigenvalue weighted by molar-refractivity contribution is 0.00599. The minimum Gasteiger partial charge on any atom is -0.464 e. The summed E-state index contributed by atoms with van der Waals surface area (Å²) in [6.07, 6.45) is 0. The Bertz CT molecular complexity index is 319. The van der Waals surface area contributed by atoms with Gasteiger partial charge in [0.05, 0.1) is 26.2 Å². The Kier molecular flexibility index (Phi) is 1.97. The molecule has 0 aromatic carbocycles. The Labute approximate surface area is 74.2 Å². The summed E-state index contributed by atoms with van der Waals surface area (Å²) in [5.74, 6) is -0.288. The first-order chi connectivity index (χ1) is 6.33. The van der Waals surface area contributed by atoms with Crippen molar-refractivity contribution in [1.29, 1.82) is 0 Å². The van der Waals surface area contributed by atoms with Gasteiger partial charge < -0.3 is 9.47 Å². The van der Waals surface area contributed by atoms with Crippen LogP contribution in [0.3, 0.4) is 0 Å². The Hall–Kier alpha value is -1.43. The largest absolute Gasteiger partial charge is 0.464 e. The lowest BCUT2D eigenvalue weighted by atomic mass is 10.0. The summed E-state index contributed by atoms with van der Waals surface area (Å²) < 4.78 is 9.55. The molecule has 70 valence electrons. The van der Waals surface area contributed by atoms with Crippen molar-refractivity contribution in [2.75, 3.05) is 20.3 Å². The zero-order chi connectivity index (χ0) is 9.26. The van der Waals surface area contributed by atoms with Gasteiger partial charge in [-0.05, 0) is 0 Å². The van der Waals surface area contributed by atoms with Crippen LogP contribution in [-0.4, -0.2) is 41.7 Å². The van der Waals surface area contributed by atoms with Gasteiger partial charge in [-0.15, -0.1) is 5.10 Å². The van der Waals surface area contributed by atoms with Crippen LogP contribution in [0.2, 0.25) is 0 Å². The highest BCUT2D eigenvalue weighted by Crippen LogP contribution is 2.23. The van der Waals surface area contributed by atoms with Gasteiger partial charge >= 0.3 is 5.97 Å². The number of hydrogen-bond donors (Lipinski definition) is 1. The monoisotopic (exact) mass is 183 g/mol. The van der Waals surface area contributed by atoms with Crippen molar-refractivity contribution in [2.24, 2.45) is 0 Å². The molecule has 1 aromatic rings. The Morgan fingerprint density at radius 2 is 2.38 bits per heavy atom. The summed E-state index contributed by atoms with van der Waals surface area (Å²) in [5.41, 5.74) is 0.897. The number of ether oxygens (including phenoxy) is 2. The van der Waals surface area contributed by atoms with Crippen molar-refractivity contribution in [3.8, 4) is 0 Å². The smallest absolute Gasteiger partial charge is 0.360 e. The van der Waals surface area contributed by atoms with E-state index in [1.165, 1.54) is 7.11 Å². The minimum absolute atomic E-state index is 0.174. The van der Waals surface area contributed by atoms with E-state index in [2.05, 4.69) is 20.1 Å². The molecule has 2 rings (SSSR count). The summed E-state index contributed by atoms with van der Waals surface area (Å²) in [6, 6.07) is 0. The average Bonchev–Trinajstić information content (AvgIpc) is 2.49. The number of aromatic nitrogens is 3.